The van der Waals surface area contributed by atoms with Gasteiger partial charge in [-0.15, -0.1) is 0 Å². The van der Waals surface area contributed by atoms with E-state index in [0.717, 1.165) is 5.16 Å². The Morgan fingerprint density at radius 3 is 1.19 bits per heavy atom. The lowest BCUT2D eigenvalue weighted by Gasteiger charge is -2.48. The molecule has 3 heterocycles. The van der Waals surface area contributed by atoms with E-state index < -0.39 is 56.5 Å². The minimum atomic E-state index is -2.30. The molecule has 0 spiro atoms. The first-order chi connectivity index (χ1) is 21.1. The largest absolute Gasteiger partial charge is 0.158 e. The fourth-order valence-corrected chi connectivity index (χ4v) is 53.9. The van der Waals surface area contributed by atoms with Crippen LogP contribution in [-0.2, 0) is 0 Å². The van der Waals surface area contributed by atoms with Gasteiger partial charge in [0.25, 0.3) is 0 Å². The first-order valence-electron chi connectivity index (χ1n) is 18.4. The van der Waals surface area contributed by atoms with Crippen LogP contribution in [0.3, 0.4) is 0 Å². The molecule has 0 radical (unpaired) electrons. The third kappa shape index (κ3) is 8.07. The normalized spacial score (nSPS) is 21.0. The maximum absolute atomic E-state index is 2.91. The highest BCUT2D eigenvalue weighted by Crippen LogP contribution is 2.47. The summed E-state index contributed by atoms with van der Waals surface area (Å²) in [4.78, 5) is 0. The van der Waals surface area contributed by atoms with Crippen LogP contribution in [0.4, 0.5) is 0 Å². The molecule has 0 saturated carbocycles. The Labute approximate surface area is 298 Å². The summed E-state index contributed by atoms with van der Waals surface area (Å²) in [5.74, 6) is 0.399. The van der Waals surface area contributed by atoms with Crippen molar-refractivity contribution >= 4 is 67.3 Å². The molecule has 7 heteroatoms. The van der Waals surface area contributed by atoms with E-state index in [2.05, 4.69) is 190 Å². The maximum Gasteiger partial charge on any atom is 0.158 e. The molecule has 0 aliphatic carbocycles. The van der Waals surface area contributed by atoms with Crippen LogP contribution in [0.5, 0.6) is 0 Å². The molecule has 5 rings (SSSR count). The average molecular weight is 748 g/mol. The molecule has 3 aliphatic rings. The summed E-state index contributed by atoms with van der Waals surface area (Å²) in [6.07, 6.45) is 5.22. The van der Waals surface area contributed by atoms with Gasteiger partial charge in [0.15, 0.2) is 8.07 Å². The summed E-state index contributed by atoms with van der Waals surface area (Å²) in [5, 5.41) is 4.02. The first-order valence-corrected chi connectivity index (χ1v) is 42.1. The van der Waals surface area contributed by atoms with E-state index in [4.69, 9.17) is 0 Å². The van der Waals surface area contributed by atoms with Gasteiger partial charge in [-0.25, -0.2) is 0 Å². The fraction of sp³-hybridized carbons (Fsp3) is 0.550. The predicted molar refractivity (Wildman–Crippen MR) is 236 cm³/mol. The van der Waals surface area contributed by atoms with Crippen molar-refractivity contribution in [2.75, 3.05) is 0 Å². The Morgan fingerprint density at radius 1 is 0.489 bits per heavy atom. The minimum Gasteiger partial charge on any atom is -0.0857 e. The van der Waals surface area contributed by atoms with E-state index in [9.17, 15) is 0 Å². The number of hydrogen-bond acceptors (Lipinski definition) is 0. The summed E-state index contributed by atoms with van der Waals surface area (Å²) in [6, 6.07) is 17.2. The molecule has 0 amide bonds. The van der Waals surface area contributed by atoms with Gasteiger partial charge in [0, 0.05) is 54.4 Å². The van der Waals surface area contributed by atoms with Crippen LogP contribution >= 0.6 is 0 Å². The smallest absolute Gasteiger partial charge is 0.0857 e. The van der Waals surface area contributed by atoms with Crippen LogP contribution in [0.25, 0.3) is 5.57 Å². The molecule has 2 bridgehead atoms. The van der Waals surface area contributed by atoms with Crippen molar-refractivity contribution in [1.29, 1.82) is 0 Å². The molecule has 258 valence electrons. The van der Waals surface area contributed by atoms with Gasteiger partial charge in [-0.1, -0.05) is 190 Å². The average Bonchev–Trinajstić information content (AvgIpc) is 2.84. The Morgan fingerprint density at radius 2 is 0.851 bits per heavy atom. The van der Waals surface area contributed by atoms with Crippen molar-refractivity contribution in [3.8, 4) is 0 Å². The molecule has 47 heavy (non-hydrogen) atoms. The van der Waals surface area contributed by atoms with Crippen LogP contribution in [-0.4, -0.2) is 56.5 Å². The van der Waals surface area contributed by atoms with Gasteiger partial charge >= 0.3 is 0 Å². The Kier molecular flexibility index (Phi) is 10.6. The summed E-state index contributed by atoms with van der Waals surface area (Å²) >= 11 is 0. The number of benzene rings is 2. The zero-order chi connectivity index (χ0) is 35.8. The molecular weight excluding hydrogens is 677 g/mol. The Hall–Kier alpha value is -0.822. The summed E-state index contributed by atoms with van der Waals surface area (Å²) in [5.41, 5.74) is 16.8. The van der Waals surface area contributed by atoms with E-state index in [1.54, 1.807) is 11.1 Å². The third-order valence-corrected chi connectivity index (χ3v) is 42.4. The van der Waals surface area contributed by atoms with Gasteiger partial charge in [0.1, 0.15) is 0 Å². The van der Waals surface area contributed by atoms with Crippen LogP contribution < -0.4 is 5.19 Å². The van der Waals surface area contributed by atoms with Crippen LogP contribution in [0.1, 0.15) is 37.7 Å². The second kappa shape index (κ2) is 12.7. The fourth-order valence-electron chi connectivity index (χ4n) is 11.0. The zero-order valence-corrected chi connectivity index (χ0v) is 40.7. The molecule has 0 unspecified atom stereocenters. The second-order valence-corrected chi connectivity index (χ2v) is 58.6. The maximum atomic E-state index is 2.91. The van der Waals surface area contributed by atoms with Crippen LogP contribution in [0.2, 0.25) is 118 Å². The van der Waals surface area contributed by atoms with E-state index in [0.29, 0.717) is 16.2 Å². The highest BCUT2D eigenvalue weighted by Gasteiger charge is 2.50. The van der Waals surface area contributed by atoms with Crippen molar-refractivity contribution in [3.63, 3.8) is 0 Å². The quantitative estimate of drug-likeness (QED) is 0.201. The standard InChI is InChI=1S/C40H70Si7/c1-41(2,3)38(42(4,5)6)33-28-34(39(43(7,8)9)44(10,11)12)37(35(29-33)40(45(13,14)15)46(16,17)18)47-26-24-32(25-27-47)36(30-47)31-22-20-19-21-23-31/h19-30,32,38-40H,1-18H3. The van der Waals surface area contributed by atoms with Crippen molar-refractivity contribution in [2.24, 2.45) is 5.92 Å². The summed E-state index contributed by atoms with van der Waals surface area (Å²) in [7, 11) is -11.8. The topological polar surface area (TPSA) is 0 Å². The lowest BCUT2D eigenvalue weighted by molar-refractivity contribution is 1.07. The van der Waals surface area contributed by atoms with Gasteiger partial charge in [-0.2, -0.15) is 0 Å². The summed E-state index contributed by atoms with van der Waals surface area (Å²) < 4.78 is 0. The third-order valence-electron chi connectivity index (χ3n) is 10.8. The van der Waals surface area contributed by atoms with Crippen molar-refractivity contribution in [1.82, 2.24) is 0 Å². The van der Waals surface area contributed by atoms with E-state index >= 15 is 0 Å². The van der Waals surface area contributed by atoms with E-state index in [1.165, 1.54) is 5.56 Å². The summed E-state index contributed by atoms with van der Waals surface area (Å²) in [6.45, 7) is 48.4. The molecule has 0 N–H and O–H groups in total. The van der Waals surface area contributed by atoms with Gasteiger partial charge in [-0.05, 0) is 48.5 Å². The number of hydrogen-bond donors (Lipinski definition) is 0. The first kappa shape index (κ1) is 39.0. The molecule has 0 saturated heterocycles. The van der Waals surface area contributed by atoms with Gasteiger partial charge in [0.05, 0.1) is 0 Å². The monoisotopic (exact) mass is 746 g/mol. The molecule has 2 aromatic rings. The highest BCUT2D eigenvalue weighted by molar-refractivity contribution is 7.07. The lowest BCUT2D eigenvalue weighted by Crippen LogP contribution is -2.59. The SMILES string of the molecule is C[Si](C)(C)C(c1cc(C([Si](C)(C)C)[Si](C)(C)C)c([Si]23C=CC(C=C2)C(c2ccccc2)=C3)c(C([Si](C)(C)C)[Si](C)(C)C)c1)[Si](C)(C)C. The van der Waals surface area contributed by atoms with E-state index in [1.807, 2.05) is 16.3 Å². The van der Waals surface area contributed by atoms with Gasteiger partial charge < -0.3 is 0 Å². The molecule has 3 aliphatic heterocycles. The van der Waals surface area contributed by atoms with Crippen molar-refractivity contribution in [3.05, 3.63) is 94.0 Å². The lowest BCUT2D eigenvalue weighted by atomic mass is 9.93. The molecule has 0 fully saturated rings. The Bertz CT molecular complexity index is 1430. The number of allylic oxidation sites excluding steroid dienone is 3. The molecule has 2 aromatic carbocycles. The zero-order valence-electron chi connectivity index (χ0n) is 33.7. The van der Waals surface area contributed by atoms with Crippen molar-refractivity contribution < 1.29 is 0 Å². The number of rotatable bonds is 11. The van der Waals surface area contributed by atoms with Crippen LogP contribution in [0.15, 0.2) is 71.7 Å². The molecule has 0 nitrogen and oxygen atoms in total. The minimum absolute atomic E-state index is 0.399. The van der Waals surface area contributed by atoms with Gasteiger partial charge in [0.2, 0.25) is 0 Å². The van der Waals surface area contributed by atoms with Gasteiger partial charge in [-0.3, -0.25) is 0 Å². The molecule has 0 aromatic heterocycles. The predicted octanol–water partition coefficient (Wildman–Crippen LogP) is 12.3. The second-order valence-electron chi connectivity index (χ2n) is 21.7. The van der Waals surface area contributed by atoms with E-state index in [-0.39, 0.29) is 0 Å². The van der Waals surface area contributed by atoms with Crippen LogP contribution in [0, 0.1) is 5.92 Å². The molecular formula is C40H70Si7. The molecule has 0 atom stereocenters. The highest BCUT2D eigenvalue weighted by atomic mass is 28.4. The van der Waals surface area contributed by atoms with Crippen molar-refractivity contribution in [2.45, 2.75) is 133 Å². The Balaban J connectivity index is 2.31.